The first kappa shape index (κ1) is 19.9. The van der Waals surface area contributed by atoms with Crippen LogP contribution in [0.1, 0.15) is 5.69 Å². The summed E-state index contributed by atoms with van der Waals surface area (Å²) in [5.41, 5.74) is 2.86. The van der Waals surface area contributed by atoms with Crippen molar-refractivity contribution in [1.82, 2.24) is 34.6 Å². The number of hydrogen-bond donors (Lipinski definition) is 0. The molecule has 5 aromatic rings. The fraction of sp³-hybridized carbons (Fsp3) is 0.143. The van der Waals surface area contributed by atoms with Crippen LogP contribution in [0.3, 0.4) is 0 Å². The van der Waals surface area contributed by atoms with Gasteiger partial charge in [0.15, 0.2) is 17.0 Å². The Bertz CT molecular complexity index is 1440. The van der Waals surface area contributed by atoms with Crippen molar-refractivity contribution in [3.8, 4) is 22.8 Å². The van der Waals surface area contributed by atoms with Gasteiger partial charge in [-0.05, 0) is 48.5 Å². The zero-order valence-electron chi connectivity index (χ0n) is 17.1. The second kappa shape index (κ2) is 7.89. The van der Waals surface area contributed by atoms with Crippen LogP contribution in [0.2, 0.25) is 5.02 Å². The Balaban J connectivity index is 1.75. The van der Waals surface area contributed by atoms with E-state index >= 15 is 0 Å². The second-order valence-electron chi connectivity index (χ2n) is 6.84. The summed E-state index contributed by atoms with van der Waals surface area (Å²) in [6.07, 6.45) is -0.0604. The number of nitrogens with zero attached hydrogens (tertiary/aromatic N) is 7. The maximum absolute atomic E-state index is 12.0. The van der Waals surface area contributed by atoms with Gasteiger partial charge in [0, 0.05) is 10.6 Å². The van der Waals surface area contributed by atoms with Crippen molar-refractivity contribution >= 4 is 34.5 Å². The third-order valence-electron chi connectivity index (χ3n) is 4.90. The van der Waals surface area contributed by atoms with Crippen LogP contribution in [0.25, 0.3) is 34.0 Å². The number of aromatic nitrogens is 7. The molecule has 0 aliphatic carbocycles. The zero-order chi connectivity index (χ0) is 22.2. The van der Waals surface area contributed by atoms with Gasteiger partial charge in [-0.25, -0.2) is 4.68 Å². The van der Waals surface area contributed by atoms with Gasteiger partial charge in [0.1, 0.15) is 11.4 Å². The number of rotatable bonds is 5. The summed E-state index contributed by atoms with van der Waals surface area (Å²) in [6, 6.07) is 14.5. The molecule has 0 saturated heterocycles. The number of fused-ring (bicyclic) bond motifs is 3. The Morgan fingerprint density at radius 1 is 1.00 bits per heavy atom. The van der Waals surface area contributed by atoms with Gasteiger partial charge in [0.05, 0.1) is 26.3 Å². The maximum atomic E-state index is 12.0. The molecule has 160 valence electrons. The zero-order valence-corrected chi connectivity index (χ0v) is 17.8. The highest BCUT2D eigenvalue weighted by molar-refractivity contribution is 6.30. The van der Waals surface area contributed by atoms with E-state index in [1.807, 2.05) is 36.4 Å². The molecule has 0 N–H and O–H groups in total. The van der Waals surface area contributed by atoms with Crippen LogP contribution in [0.4, 0.5) is 0 Å². The average Bonchev–Trinajstić information content (AvgIpc) is 3.41. The normalized spacial score (nSPS) is 11.2. The third kappa shape index (κ3) is 3.40. The fourth-order valence-electron chi connectivity index (χ4n) is 3.30. The van der Waals surface area contributed by atoms with Crippen molar-refractivity contribution < 1.29 is 14.3 Å². The maximum Gasteiger partial charge on any atom is 0.311 e. The number of halogens is 1. The Morgan fingerprint density at radius 3 is 2.44 bits per heavy atom. The lowest BCUT2D eigenvalue weighted by Gasteiger charge is -2.05. The number of benzene rings is 2. The van der Waals surface area contributed by atoms with Crippen LogP contribution >= 0.6 is 11.6 Å². The summed E-state index contributed by atoms with van der Waals surface area (Å²) >= 11 is 6.00. The third-order valence-corrected chi connectivity index (χ3v) is 5.15. The molecule has 10 nitrogen and oxygen atoms in total. The number of hydrogen-bond acceptors (Lipinski definition) is 8. The molecule has 0 aliphatic rings. The molecule has 0 fully saturated rings. The molecule has 0 atom stereocenters. The van der Waals surface area contributed by atoms with Crippen molar-refractivity contribution in [2.45, 2.75) is 6.42 Å². The standard InChI is InChI=1S/C21H16ClN7O3/c1-31-15-9-7-14(8-10-15)28-20-18(16(26-28)11-17(30)32-2)24-25-21-23-19(27-29(20)21)12-3-5-13(22)6-4-12/h3-10H,11H2,1-2H3. The van der Waals surface area contributed by atoms with E-state index in [1.165, 1.54) is 7.11 Å². The predicted molar refractivity (Wildman–Crippen MR) is 116 cm³/mol. The first-order chi connectivity index (χ1) is 15.6. The van der Waals surface area contributed by atoms with E-state index in [-0.39, 0.29) is 6.42 Å². The minimum atomic E-state index is -0.436. The molecule has 0 spiro atoms. The largest absolute Gasteiger partial charge is 0.497 e. The molecular weight excluding hydrogens is 434 g/mol. The van der Waals surface area contributed by atoms with Gasteiger partial charge in [-0.3, -0.25) is 4.79 Å². The quantitative estimate of drug-likeness (QED) is 0.377. The molecule has 3 heterocycles. The van der Waals surface area contributed by atoms with Crippen molar-refractivity contribution in [3.63, 3.8) is 0 Å². The molecule has 0 radical (unpaired) electrons. The molecule has 11 heteroatoms. The Labute approximate surface area is 186 Å². The lowest BCUT2D eigenvalue weighted by atomic mass is 10.2. The topological polar surface area (TPSA) is 109 Å². The van der Waals surface area contributed by atoms with Crippen molar-refractivity contribution in [3.05, 3.63) is 59.2 Å². The predicted octanol–water partition coefficient (Wildman–Crippen LogP) is 2.90. The first-order valence-electron chi connectivity index (χ1n) is 9.55. The molecule has 0 bridgehead atoms. The SMILES string of the molecule is COC(=O)Cc1nn(-c2ccc(OC)cc2)c2c1nnc1nc(-c3ccc(Cl)cc3)nn12. The highest BCUT2D eigenvalue weighted by Crippen LogP contribution is 2.25. The fourth-order valence-corrected chi connectivity index (χ4v) is 3.42. The number of ether oxygens (including phenoxy) is 2. The average molecular weight is 450 g/mol. The Kier molecular flexibility index (Phi) is 4.91. The summed E-state index contributed by atoms with van der Waals surface area (Å²) in [6.45, 7) is 0. The van der Waals surface area contributed by atoms with Crippen LogP contribution in [-0.2, 0) is 16.0 Å². The van der Waals surface area contributed by atoms with E-state index in [1.54, 1.807) is 28.4 Å². The second-order valence-corrected chi connectivity index (χ2v) is 7.27. The van der Waals surface area contributed by atoms with E-state index in [9.17, 15) is 4.79 Å². The van der Waals surface area contributed by atoms with Crippen molar-refractivity contribution in [1.29, 1.82) is 0 Å². The number of carbonyl (C=O) groups excluding carboxylic acids is 1. The summed E-state index contributed by atoms with van der Waals surface area (Å²) < 4.78 is 13.3. The molecule has 0 amide bonds. The van der Waals surface area contributed by atoms with E-state index < -0.39 is 5.97 Å². The summed E-state index contributed by atoms with van der Waals surface area (Å²) in [7, 11) is 2.92. The van der Waals surface area contributed by atoms with Crippen LogP contribution in [0.15, 0.2) is 48.5 Å². The molecule has 0 saturated carbocycles. The van der Waals surface area contributed by atoms with Crippen LogP contribution in [0.5, 0.6) is 5.75 Å². The van der Waals surface area contributed by atoms with E-state index in [0.29, 0.717) is 39.2 Å². The summed E-state index contributed by atoms with van der Waals surface area (Å²) in [4.78, 5) is 16.4. The number of methoxy groups -OCH3 is 2. The van der Waals surface area contributed by atoms with Crippen molar-refractivity contribution in [2.24, 2.45) is 0 Å². The highest BCUT2D eigenvalue weighted by atomic mass is 35.5. The lowest BCUT2D eigenvalue weighted by molar-refractivity contribution is -0.139. The molecule has 5 rings (SSSR count). The summed E-state index contributed by atoms with van der Waals surface area (Å²) in [5.74, 6) is 1.02. The summed E-state index contributed by atoms with van der Waals surface area (Å²) in [5, 5.41) is 18.3. The van der Waals surface area contributed by atoms with E-state index in [0.717, 1.165) is 11.3 Å². The Morgan fingerprint density at radius 2 is 1.75 bits per heavy atom. The monoisotopic (exact) mass is 449 g/mol. The number of carbonyl (C=O) groups is 1. The van der Waals surface area contributed by atoms with E-state index in [2.05, 4.69) is 25.4 Å². The molecule has 0 unspecified atom stereocenters. The molecular formula is C21H16ClN7O3. The van der Waals surface area contributed by atoms with Gasteiger partial charge in [-0.2, -0.15) is 14.6 Å². The minimum Gasteiger partial charge on any atom is -0.497 e. The van der Waals surface area contributed by atoms with Crippen molar-refractivity contribution in [2.75, 3.05) is 14.2 Å². The first-order valence-corrected chi connectivity index (χ1v) is 9.93. The van der Waals surface area contributed by atoms with Gasteiger partial charge in [0.25, 0.3) is 5.78 Å². The van der Waals surface area contributed by atoms with Gasteiger partial charge in [0.2, 0.25) is 0 Å². The van der Waals surface area contributed by atoms with Gasteiger partial charge >= 0.3 is 5.97 Å². The molecule has 2 aromatic carbocycles. The van der Waals surface area contributed by atoms with Crippen LogP contribution in [-0.4, -0.2) is 54.8 Å². The van der Waals surface area contributed by atoms with Gasteiger partial charge in [-0.15, -0.1) is 15.3 Å². The molecule has 3 aromatic heterocycles. The minimum absolute atomic E-state index is 0.0604. The van der Waals surface area contributed by atoms with Crippen LogP contribution < -0.4 is 4.74 Å². The molecule has 32 heavy (non-hydrogen) atoms. The van der Waals surface area contributed by atoms with Gasteiger partial charge < -0.3 is 9.47 Å². The van der Waals surface area contributed by atoms with Crippen LogP contribution in [0, 0.1) is 0 Å². The molecule has 0 aliphatic heterocycles. The Hall–Kier alpha value is -4.05. The lowest BCUT2D eigenvalue weighted by Crippen LogP contribution is -2.06. The number of esters is 1. The highest BCUT2D eigenvalue weighted by Gasteiger charge is 2.22. The van der Waals surface area contributed by atoms with E-state index in [4.69, 9.17) is 21.1 Å². The smallest absolute Gasteiger partial charge is 0.311 e. The van der Waals surface area contributed by atoms with Gasteiger partial charge in [-0.1, -0.05) is 11.6 Å².